The molecule has 0 spiro atoms. The monoisotopic (exact) mass is 298 g/mol. The number of aromatic nitrogens is 2. The SMILES string of the molecule is CCOCCCn1ccnc1NCC(CN(C)CC)OC. The van der Waals surface area contributed by atoms with Gasteiger partial charge in [-0.25, -0.2) is 4.98 Å². The van der Waals surface area contributed by atoms with Gasteiger partial charge in [0.25, 0.3) is 0 Å². The fraction of sp³-hybridized carbons (Fsp3) is 0.800. The molecule has 1 N–H and O–H groups in total. The summed E-state index contributed by atoms with van der Waals surface area (Å²) in [6, 6.07) is 0. The normalized spacial score (nSPS) is 12.8. The third kappa shape index (κ3) is 6.93. The number of anilines is 1. The number of hydrogen-bond donors (Lipinski definition) is 1. The summed E-state index contributed by atoms with van der Waals surface area (Å²) < 4.78 is 13.0. The molecule has 1 rings (SSSR count). The zero-order valence-corrected chi connectivity index (χ0v) is 13.8. The Morgan fingerprint density at radius 3 is 2.90 bits per heavy atom. The Labute approximate surface area is 128 Å². The van der Waals surface area contributed by atoms with Gasteiger partial charge in [0, 0.05) is 52.4 Å². The molecule has 1 aromatic heterocycles. The lowest BCUT2D eigenvalue weighted by Crippen LogP contribution is -2.35. The van der Waals surface area contributed by atoms with Crippen LogP contribution in [0.1, 0.15) is 20.3 Å². The van der Waals surface area contributed by atoms with Gasteiger partial charge in [-0.15, -0.1) is 0 Å². The Hall–Kier alpha value is -1.11. The van der Waals surface area contributed by atoms with Gasteiger partial charge >= 0.3 is 0 Å². The molecule has 1 atom stereocenters. The number of nitrogens with zero attached hydrogens (tertiary/aromatic N) is 3. The number of aryl methyl sites for hydroxylation is 1. The molecular formula is C15H30N4O2. The van der Waals surface area contributed by atoms with Crippen molar-refractivity contribution in [1.29, 1.82) is 0 Å². The van der Waals surface area contributed by atoms with E-state index >= 15 is 0 Å². The molecule has 6 nitrogen and oxygen atoms in total. The Morgan fingerprint density at radius 1 is 1.43 bits per heavy atom. The van der Waals surface area contributed by atoms with Crippen LogP contribution in [0.25, 0.3) is 0 Å². The molecule has 6 heteroatoms. The Bertz CT molecular complexity index is 370. The molecule has 0 radical (unpaired) electrons. The third-order valence-electron chi connectivity index (χ3n) is 3.48. The van der Waals surface area contributed by atoms with Gasteiger partial charge in [0.1, 0.15) is 0 Å². The number of imidazole rings is 1. The Balaban J connectivity index is 2.38. The lowest BCUT2D eigenvalue weighted by molar-refractivity contribution is 0.0825. The lowest BCUT2D eigenvalue weighted by atomic mass is 10.3. The van der Waals surface area contributed by atoms with Crippen LogP contribution in [0.15, 0.2) is 12.4 Å². The molecule has 122 valence electrons. The van der Waals surface area contributed by atoms with Gasteiger partial charge in [-0.1, -0.05) is 6.92 Å². The summed E-state index contributed by atoms with van der Waals surface area (Å²) >= 11 is 0. The lowest BCUT2D eigenvalue weighted by Gasteiger charge is -2.22. The van der Waals surface area contributed by atoms with Crippen LogP contribution in [0.2, 0.25) is 0 Å². The van der Waals surface area contributed by atoms with Crippen LogP contribution in [0.5, 0.6) is 0 Å². The van der Waals surface area contributed by atoms with Crippen LogP contribution in [-0.4, -0.2) is 67.6 Å². The summed E-state index contributed by atoms with van der Waals surface area (Å²) in [6.45, 7) is 9.31. The first-order valence-electron chi connectivity index (χ1n) is 7.75. The van der Waals surface area contributed by atoms with Gasteiger partial charge in [0.2, 0.25) is 5.95 Å². The molecule has 0 saturated carbocycles. The van der Waals surface area contributed by atoms with Crippen molar-refractivity contribution in [3.63, 3.8) is 0 Å². The fourth-order valence-electron chi connectivity index (χ4n) is 2.04. The van der Waals surface area contributed by atoms with E-state index in [-0.39, 0.29) is 6.10 Å². The smallest absolute Gasteiger partial charge is 0.202 e. The molecule has 0 fully saturated rings. The Kier molecular flexibility index (Phi) is 9.05. The summed E-state index contributed by atoms with van der Waals surface area (Å²) in [5.41, 5.74) is 0. The summed E-state index contributed by atoms with van der Waals surface area (Å²) in [5, 5.41) is 3.37. The predicted octanol–water partition coefficient (Wildman–Crippen LogP) is 1.69. The van der Waals surface area contributed by atoms with Crippen molar-refractivity contribution >= 4 is 5.95 Å². The van der Waals surface area contributed by atoms with Gasteiger partial charge < -0.3 is 24.3 Å². The first kappa shape index (κ1) is 17.9. The van der Waals surface area contributed by atoms with Gasteiger partial charge in [-0.2, -0.15) is 0 Å². The van der Waals surface area contributed by atoms with Crippen LogP contribution in [0, 0.1) is 0 Å². The van der Waals surface area contributed by atoms with E-state index < -0.39 is 0 Å². The highest BCUT2D eigenvalue weighted by atomic mass is 16.5. The minimum atomic E-state index is 0.156. The summed E-state index contributed by atoms with van der Waals surface area (Å²) in [7, 11) is 3.85. The molecule has 0 amide bonds. The summed E-state index contributed by atoms with van der Waals surface area (Å²) in [6.07, 6.45) is 4.96. The average molecular weight is 298 g/mol. The first-order chi connectivity index (χ1) is 10.2. The maximum atomic E-state index is 5.51. The van der Waals surface area contributed by atoms with Crippen molar-refractivity contribution in [1.82, 2.24) is 14.5 Å². The molecule has 0 bridgehead atoms. The van der Waals surface area contributed by atoms with Crippen LogP contribution in [-0.2, 0) is 16.0 Å². The van der Waals surface area contributed by atoms with Crippen molar-refractivity contribution in [2.45, 2.75) is 32.9 Å². The van der Waals surface area contributed by atoms with Crippen molar-refractivity contribution in [3.05, 3.63) is 12.4 Å². The molecule has 0 saturated heterocycles. The van der Waals surface area contributed by atoms with Crippen molar-refractivity contribution in [3.8, 4) is 0 Å². The molecule has 1 unspecified atom stereocenters. The Morgan fingerprint density at radius 2 is 2.24 bits per heavy atom. The van der Waals surface area contributed by atoms with E-state index in [9.17, 15) is 0 Å². The standard InChI is InChI=1S/C15H30N4O2/c1-5-18(3)13-14(20-4)12-17-15-16-8-10-19(15)9-7-11-21-6-2/h8,10,14H,5-7,9,11-13H2,1-4H3,(H,16,17). The second-order valence-corrected chi connectivity index (χ2v) is 5.09. The van der Waals surface area contributed by atoms with E-state index in [4.69, 9.17) is 9.47 Å². The molecule has 0 aliphatic heterocycles. The van der Waals surface area contributed by atoms with Crippen LogP contribution in [0.3, 0.4) is 0 Å². The van der Waals surface area contributed by atoms with Crippen molar-refractivity contribution in [2.75, 3.05) is 52.3 Å². The second kappa shape index (κ2) is 10.6. The molecule has 0 aliphatic rings. The van der Waals surface area contributed by atoms with Crippen LogP contribution in [0.4, 0.5) is 5.95 Å². The molecule has 0 aliphatic carbocycles. The molecule has 21 heavy (non-hydrogen) atoms. The maximum Gasteiger partial charge on any atom is 0.202 e. The van der Waals surface area contributed by atoms with Crippen LogP contribution >= 0.6 is 0 Å². The first-order valence-corrected chi connectivity index (χ1v) is 7.75. The number of nitrogens with one attached hydrogen (secondary N) is 1. The summed E-state index contributed by atoms with van der Waals surface area (Å²) in [5.74, 6) is 0.896. The maximum absolute atomic E-state index is 5.51. The molecule has 0 aromatic carbocycles. The minimum Gasteiger partial charge on any atom is -0.382 e. The minimum absolute atomic E-state index is 0.156. The predicted molar refractivity (Wildman–Crippen MR) is 85.8 cm³/mol. The highest BCUT2D eigenvalue weighted by Gasteiger charge is 2.11. The topological polar surface area (TPSA) is 51.5 Å². The largest absolute Gasteiger partial charge is 0.382 e. The van der Waals surface area contributed by atoms with Gasteiger partial charge in [0.15, 0.2) is 0 Å². The van der Waals surface area contributed by atoms with Gasteiger partial charge in [0.05, 0.1) is 6.10 Å². The van der Waals surface area contributed by atoms with Gasteiger partial charge in [-0.05, 0) is 26.9 Å². The zero-order chi connectivity index (χ0) is 15.5. The highest BCUT2D eigenvalue weighted by molar-refractivity contribution is 5.25. The second-order valence-electron chi connectivity index (χ2n) is 5.09. The van der Waals surface area contributed by atoms with E-state index in [0.29, 0.717) is 0 Å². The van der Waals surface area contributed by atoms with Crippen molar-refractivity contribution in [2.24, 2.45) is 0 Å². The third-order valence-corrected chi connectivity index (χ3v) is 3.48. The number of hydrogen-bond acceptors (Lipinski definition) is 5. The van der Waals surface area contributed by atoms with E-state index in [1.807, 2.05) is 19.3 Å². The van der Waals surface area contributed by atoms with E-state index in [1.54, 1.807) is 7.11 Å². The van der Waals surface area contributed by atoms with E-state index in [1.165, 1.54) is 0 Å². The highest BCUT2D eigenvalue weighted by Crippen LogP contribution is 2.06. The molecule has 1 heterocycles. The quantitative estimate of drug-likeness (QED) is 0.595. The zero-order valence-electron chi connectivity index (χ0n) is 13.8. The van der Waals surface area contributed by atoms with Gasteiger partial charge in [-0.3, -0.25) is 0 Å². The average Bonchev–Trinajstić information content (AvgIpc) is 2.95. The van der Waals surface area contributed by atoms with E-state index in [2.05, 4.69) is 33.7 Å². The number of ether oxygens (including phenoxy) is 2. The van der Waals surface area contributed by atoms with Crippen molar-refractivity contribution < 1.29 is 9.47 Å². The fourth-order valence-corrected chi connectivity index (χ4v) is 2.04. The summed E-state index contributed by atoms with van der Waals surface area (Å²) in [4.78, 5) is 6.60. The number of likely N-dealkylation sites (N-methyl/N-ethyl adjacent to an activating group) is 1. The van der Waals surface area contributed by atoms with Crippen LogP contribution < -0.4 is 5.32 Å². The number of methoxy groups -OCH3 is 1. The molecular weight excluding hydrogens is 268 g/mol. The molecule has 1 aromatic rings. The number of rotatable bonds is 12. The van der Waals surface area contributed by atoms with E-state index in [0.717, 1.165) is 51.8 Å².